The van der Waals surface area contributed by atoms with Gasteiger partial charge in [0.05, 0.1) is 0 Å². The first-order valence-electron chi connectivity index (χ1n) is 9.45. The Balaban J connectivity index is 2.00. The predicted molar refractivity (Wildman–Crippen MR) is 113 cm³/mol. The van der Waals surface area contributed by atoms with Gasteiger partial charge in [0.1, 0.15) is 0 Å². The Morgan fingerprint density at radius 2 is 1.72 bits per heavy atom. The third kappa shape index (κ3) is 4.69. The quantitative estimate of drug-likeness (QED) is 0.434. The predicted octanol–water partition coefficient (Wildman–Crippen LogP) is 2.16. The Morgan fingerprint density at radius 3 is 2.34 bits per heavy atom. The molecule has 1 N–H and O–H groups in total. The van der Waals surface area contributed by atoms with Gasteiger partial charge in [0.25, 0.3) is 0 Å². The molecular formula is C22H24N2O4Se. The van der Waals surface area contributed by atoms with Crippen molar-refractivity contribution in [2.24, 2.45) is 5.92 Å². The van der Waals surface area contributed by atoms with Crippen LogP contribution in [0.25, 0.3) is 9.65 Å². The van der Waals surface area contributed by atoms with E-state index in [2.05, 4.69) is 5.32 Å². The zero-order chi connectivity index (χ0) is 21.0. The number of fused-ring (bicyclic) bond motifs is 1. The number of carbonyl (C=O) groups is 2. The van der Waals surface area contributed by atoms with Gasteiger partial charge in [0, 0.05) is 0 Å². The number of aromatic nitrogens is 1. The first-order chi connectivity index (χ1) is 13.9. The van der Waals surface area contributed by atoms with Gasteiger partial charge in [-0.25, -0.2) is 0 Å². The molecule has 2 aromatic carbocycles. The number of hydrogen-bond acceptors (Lipinski definition) is 4. The Kier molecular flexibility index (Phi) is 6.72. The van der Waals surface area contributed by atoms with Gasteiger partial charge < -0.3 is 0 Å². The van der Waals surface area contributed by atoms with Gasteiger partial charge in [-0.3, -0.25) is 0 Å². The molecule has 0 aliphatic heterocycles. The van der Waals surface area contributed by atoms with E-state index < -0.39 is 18.1 Å². The molecule has 2 atom stereocenters. The summed E-state index contributed by atoms with van der Waals surface area (Å²) in [5.41, 5.74) is 0.808. The van der Waals surface area contributed by atoms with E-state index in [9.17, 15) is 14.4 Å². The van der Waals surface area contributed by atoms with Crippen LogP contribution in [-0.4, -0.2) is 43.3 Å². The fraction of sp³-hybridized carbons (Fsp3) is 0.318. The number of nitrogens with one attached hydrogen (secondary N) is 1. The van der Waals surface area contributed by atoms with Crippen LogP contribution in [0.3, 0.4) is 0 Å². The summed E-state index contributed by atoms with van der Waals surface area (Å²) in [5, 5.41) is 3.46. The zero-order valence-electron chi connectivity index (χ0n) is 16.6. The minimum atomic E-state index is -0.765. The summed E-state index contributed by atoms with van der Waals surface area (Å²) in [7, 11) is 1.30. The molecule has 1 heterocycles. The van der Waals surface area contributed by atoms with Gasteiger partial charge in [0.2, 0.25) is 0 Å². The molecule has 0 bridgehead atoms. The average Bonchev–Trinajstić information content (AvgIpc) is 3.06. The summed E-state index contributed by atoms with van der Waals surface area (Å²) in [6, 6.07) is 15.6. The average molecular weight is 459 g/mol. The fourth-order valence-corrected chi connectivity index (χ4v) is 5.46. The molecule has 0 unspecified atom stereocenters. The third-order valence-electron chi connectivity index (χ3n) is 4.79. The molecule has 0 aliphatic rings. The van der Waals surface area contributed by atoms with Gasteiger partial charge in [-0.1, -0.05) is 0 Å². The van der Waals surface area contributed by atoms with Gasteiger partial charge in [-0.15, -0.1) is 0 Å². The van der Waals surface area contributed by atoms with E-state index in [0.29, 0.717) is 11.8 Å². The molecule has 152 valence electrons. The number of amides is 1. The fourth-order valence-electron chi connectivity index (χ4n) is 3.19. The van der Waals surface area contributed by atoms with Crippen LogP contribution in [0, 0.1) is 5.92 Å². The van der Waals surface area contributed by atoms with Crippen molar-refractivity contribution in [3.8, 4) is 0 Å². The van der Waals surface area contributed by atoms with E-state index in [0.717, 1.165) is 9.82 Å². The van der Waals surface area contributed by atoms with E-state index in [4.69, 9.17) is 4.74 Å². The van der Waals surface area contributed by atoms with Gasteiger partial charge in [-0.05, 0) is 0 Å². The summed E-state index contributed by atoms with van der Waals surface area (Å²) in [6.07, 6.45) is 0.375. The zero-order valence-corrected chi connectivity index (χ0v) is 18.3. The van der Waals surface area contributed by atoms with Crippen LogP contribution in [0.5, 0.6) is 0 Å². The molecule has 3 aromatic rings. The van der Waals surface area contributed by atoms with Crippen molar-refractivity contribution in [1.82, 2.24) is 8.88 Å². The maximum atomic E-state index is 13.3. The van der Waals surface area contributed by atoms with Crippen LogP contribution in [0.4, 0.5) is 0 Å². The van der Waals surface area contributed by atoms with Crippen LogP contribution >= 0.6 is 0 Å². The Morgan fingerprint density at radius 1 is 1.07 bits per heavy atom. The van der Waals surface area contributed by atoms with Crippen molar-refractivity contribution in [3.63, 3.8) is 0 Å². The molecule has 1 aromatic heterocycles. The normalized spacial score (nSPS) is 13.2. The molecule has 0 fully saturated rings. The molecule has 3 rings (SSSR count). The summed E-state index contributed by atoms with van der Waals surface area (Å²) in [4.78, 5) is 38.4. The Hall–Kier alpha value is -2.63. The van der Waals surface area contributed by atoms with E-state index in [1.165, 1.54) is 7.11 Å². The van der Waals surface area contributed by atoms with Gasteiger partial charge in [-0.2, -0.15) is 0 Å². The number of hydrogen-bond donors (Lipinski definition) is 1. The molecule has 0 saturated heterocycles. The van der Waals surface area contributed by atoms with Crippen molar-refractivity contribution in [3.05, 3.63) is 70.5 Å². The monoisotopic (exact) mass is 460 g/mol. The number of methoxy groups -OCH3 is 1. The SMILES string of the molecule is COC(=O)[C@@H](NC(=O)[C@H](Cc1ccccc1)n1[se]c2ccccc2c1=O)C(C)C. The summed E-state index contributed by atoms with van der Waals surface area (Å²) < 4.78 is 7.45. The molecule has 1 amide bonds. The van der Waals surface area contributed by atoms with E-state index in [1.54, 1.807) is 9.63 Å². The standard InChI is InChI=1S/C22H24N2O4Se/c1-14(2)19(22(27)28-3)23-20(25)17(13-15-9-5-4-6-10-15)24-21(26)16-11-7-8-12-18(16)29-24/h4-12,14,17,19H,13H2,1-3H3,(H,23,25)/t17-,19-/m0/s1. The number of rotatable bonds is 7. The van der Waals surface area contributed by atoms with Gasteiger partial charge >= 0.3 is 175 Å². The second kappa shape index (κ2) is 9.24. The maximum absolute atomic E-state index is 13.3. The van der Waals surface area contributed by atoms with Crippen LogP contribution in [-0.2, 0) is 20.7 Å². The van der Waals surface area contributed by atoms with E-state index >= 15 is 0 Å². The third-order valence-corrected chi connectivity index (χ3v) is 7.25. The van der Waals surface area contributed by atoms with Crippen molar-refractivity contribution in [2.75, 3.05) is 7.11 Å². The minimum absolute atomic E-state index is 0.138. The van der Waals surface area contributed by atoms with Crippen LogP contribution in [0.1, 0.15) is 25.5 Å². The van der Waals surface area contributed by atoms with E-state index in [-0.39, 0.29) is 32.1 Å². The molecule has 0 aliphatic carbocycles. The second-order valence-electron chi connectivity index (χ2n) is 7.18. The van der Waals surface area contributed by atoms with Gasteiger partial charge in [0.15, 0.2) is 0 Å². The molecule has 6 nitrogen and oxygen atoms in total. The van der Waals surface area contributed by atoms with Crippen molar-refractivity contribution < 1.29 is 14.3 Å². The Labute approximate surface area is 175 Å². The van der Waals surface area contributed by atoms with Crippen LogP contribution in [0.15, 0.2) is 59.4 Å². The molecule has 29 heavy (non-hydrogen) atoms. The second-order valence-corrected chi connectivity index (χ2v) is 9.31. The number of ether oxygens (including phenoxy) is 1. The molecule has 0 spiro atoms. The topological polar surface area (TPSA) is 77.4 Å². The van der Waals surface area contributed by atoms with E-state index in [1.807, 2.05) is 62.4 Å². The summed E-state index contributed by atoms with van der Waals surface area (Å²) >= 11 is -0.303. The number of carbonyl (C=O) groups excluding carboxylic acids is 2. The summed E-state index contributed by atoms with van der Waals surface area (Å²) in [5.74, 6) is -0.977. The first kappa shape index (κ1) is 21.1. The molecule has 7 heteroatoms. The van der Waals surface area contributed by atoms with Crippen molar-refractivity contribution >= 4 is 36.3 Å². The van der Waals surface area contributed by atoms with Crippen molar-refractivity contribution in [1.29, 1.82) is 0 Å². The number of benzene rings is 2. The first-order valence-corrected chi connectivity index (χ1v) is 11.1. The van der Waals surface area contributed by atoms with Crippen LogP contribution in [0.2, 0.25) is 0 Å². The van der Waals surface area contributed by atoms with Crippen LogP contribution < -0.4 is 10.9 Å². The summed E-state index contributed by atoms with van der Waals surface area (Å²) in [6.45, 7) is 3.68. The molecular weight excluding hydrogens is 435 g/mol. The molecule has 0 saturated carbocycles. The number of esters is 1. The Bertz CT molecular complexity index is 1060. The van der Waals surface area contributed by atoms with Crippen molar-refractivity contribution in [2.45, 2.75) is 32.4 Å². The molecule has 0 radical (unpaired) electrons. The number of nitrogens with zero attached hydrogens (tertiary/aromatic N) is 1.